The Bertz CT molecular complexity index is 1130. The molecule has 0 fully saturated rings. The van der Waals surface area contributed by atoms with Gasteiger partial charge in [0.25, 0.3) is 0 Å². The van der Waals surface area contributed by atoms with E-state index in [2.05, 4.69) is 41.0 Å². The van der Waals surface area contributed by atoms with E-state index in [4.69, 9.17) is 9.15 Å². The molecule has 0 radical (unpaired) electrons. The molecule has 5 heteroatoms. The third kappa shape index (κ3) is 5.45. The van der Waals surface area contributed by atoms with Gasteiger partial charge >= 0.3 is 0 Å². The Morgan fingerprint density at radius 1 is 0.935 bits per heavy atom. The first kappa shape index (κ1) is 20.5. The van der Waals surface area contributed by atoms with Gasteiger partial charge in [-0.1, -0.05) is 42.5 Å². The molecule has 5 nitrogen and oxygen atoms in total. The first-order chi connectivity index (χ1) is 15.2. The largest absolute Gasteiger partial charge is 0.492 e. The van der Waals surface area contributed by atoms with Gasteiger partial charge in [-0.25, -0.2) is 0 Å². The average Bonchev–Trinajstić information content (AvgIpc) is 3.20. The number of carbonyl (C=O) groups is 1. The maximum Gasteiger partial charge on any atom is 0.216 e. The van der Waals surface area contributed by atoms with Gasteiger partial charge < -0.3 is 19.8 Å². The SMILES string of the molecule is CC(=O)NCCc1coc2ccc(NCCOc3ccc(-c4ccccc4)cc3)cc12. The molecule has 0 spiro atoms. The first-order valence-corrected chi connectivity index (χ1v) is 10.5. The first-order valence-electron chi connectivity index (χ1n) is 10.5. The monoisotopic (exact) mass is 414 g/mol. The molecule has 158 valence electrons. The van der Waals surface area contributed by atoms with Crippen LogP contribution >= 0.6 is 0 Å². The molecule has 3 aromatic carbocycles. The molecule has 1 aromatic heterocycles. The van der Waals surface area contributed by atoms with E-state index < -0.39 is 0 Å². The number of ether oxygens (including phenoxy) is 1. The van der Waals surface area contributed by atoms with E-state index in [-0.39, 0.29) is 5.91 Å². The van der Waals surface area contributed by atoms with Crippen LogP contribution in [0.1, 0.15) is 12.5 Å². The number of hydrogen-bond donors (Lipinski definition) is 2. The van der Waals surface area contributed by atoms with Crippen LogP contribution in [0.25, 0.3) is 22.1 Å². The molecular weight excluding hydrogens is 388 g/mol. The fourth-order valence-corrected chi connectivity index (χ4v) is 3.50. The minimum atomic E-state index is -0.0233. The quantitative estimate of drug-likeness (QED) is 0.366. The van der Waals surface area contributed by atoms with Crippen molar-refractivity contribution in [3.05, 3.63) is 84.6 Å². The van der Waals surface area contributed by atoms with Crippen molar-refractivity contribution < 1.29 is 13.9 Å². The molecule has 2 N–H and O–H groups in total. The van der Waals surface area contributed by atoms with Crippen LogP contribution in [0.3, 0.4) is 0 Å². The van der Waals surface area contributed by atoms with Crippen molar-refractivity contribution >= 4 is 22.6 Å². The van der Waals surface area contributed by atoms with Crippen molar-refractivity contribution in [3.63, 3.8) is 0 Å². The van der Waals surface area contributed by atoms with Crippen LogP contribution < -0.4 is 15.4 Å². The van der Waals surface area contributed by atoms with Crippen molar-refractivity contribution in [2.45, 2.75) is 13.3 Å². The van der Waals surface area contributed by atoms with E-state index >= 15 is 0 Å². The molecule has 1 amide bonds. The summed E-state index contributed by atoms with van der Waals surface area (Å²) in [6.45, 7) is 3.36. The summed E-state index contributed by atoms with van der Waals surface area (Å²) in [6.07, 6.45) is 2.50. The second kappa shape index (κ2) is 9.85. The smallest absolute Gasteiger partial charge is 0.216 e. The number of rotatable bonds is 9. The zero-order valence-electron chi connectivity index (χ0n) is 17.6. The molecule has 0 aliphatic heterocycles. The molecule has 0 saturated heterocycles. The lowest BCUT2D eigenvalue weighted by Crippen LogP contribution is -2.22. The summed E-state index contributed by atoms with van der Waals surface area (Å²) in [5.41, 5.74) is 5.31. The van der Waals surface area contributed by atoms with Gasteiger partial charge in [0, 0.05) is 36.7 Å². The Morgan fingerprint density at radius 2 is 1.71 bits per heavy atom. The minimum Gasteiger partial charge on any atom is -0.492 e. The molecule has 0 aliphatic carbocycles. The van der Waals surface area contributed by atoms with E-state index in [9.17, 15) is 4.79 Å². The second-order valence-corrected chi connectivity index (χ2v) is 7.37. The lowest BCUT2D eigenvalue weighted by atomic mass is 10.1. The van der Waals surface area contributed by atoms with Crippen molar-refractivity contribution in [1.29, 1.82) is 0 Å². The van der Waals surface area contributed by atoms with Gasteiger partial charge in [-0.3, -0.25) is 4.79 Å². The summed E-state index contributed by atoms with van der Waals surface area (Å²) in [5, 5.41) is 7.28. The van der Waals surface area contributed by atoms with Gasteiger partial charge in [-0.15, -0.1) is 0 Å². The normalized spacial score (nSPS) is 10.7. The second-order valence-electron chi connectivity index (χ2n) is 7.37. The van der Waals surface area contributed by atoms with Gasteiger partial charge in [0.2, 0.25) is 5.91 Å². The highest BCUT2D eigenvalue weighted by molar-refractivity contribution is 5.84. The van der Waals surface area contributed by atoms with E-state index in [0.717, 1.165) is 34.4 Å². The zero-order chi connectivity index (χ0) is 21.5. The number of carbonyl (C=O) groups excluding carboxylic acids is 1. The highest BCUT2D eigenvalue weighted by Gasteiger charge is 2.07. The van der Waals surface area contributed by atoms with Crippen LogP contribution in [0, 0.1) is 0 Å². The lowest BCUT2D eigenvalue weighted by Gasteiger charge is -2.10. The fraction of sp³-hybridized carbons (Fsp3) is 0.192. The average molecular weight is 415 g/mol. The maximum atomic E-state index is 11.1. The number of anilines is 1. The van der Waals surface area contributed by atoms with Gasteiger partial charge in [0.1, 0.15) is 17.9 Å². The Hall–Kier alpha value is -3.73. The standard InChI is InChI=1S/C26H26N2O3/c1-19(29)27-14-13-22-18-31-26-12-9-23(17-25(22)26)28-15-16-30-24-10-7-21(8-11-24)20-5-3-2-4-6-20/h2-12,17-18,28H,13-16H2,1H3,(H,27,29). The predicted molar refractivity (Wildman–Crippen MR) is 124 cm³/mol. The van der Waals surface area contributed by atoms with Crippen LogP contribution in [0.2, 0.25) is 0 Å². The van der Waals surface area contributed by atoms with E-state index in [1.165, 1.54) is 18.1 Å². The van der Waals surface area contributed by atoms with Gasteiger partial charge in [-0.05, 0) is 47.9 Å². The molecule has 0 aliphatic rings. The van der Waals surface area contributed by atoms with Crippen molar-refractivity contribution in [1.82, 2.24) is 5.32 Å². The summed E-state index contributed by atoms with van der Waals surface area (Å²) in [7, 11) is 0. The fourth-order valence-electron chi connectivity index (χ4n) is 3.50. The summed E-state index contributed by atoms with van der Waals surface area (Å²) in [4.78, 5) is 11.1. The van der Waals surface area contributed by atoms with Crippen molar-refractivity contribution in [2.24, 2.45) is 0 Å². The van der Waals surface area contributed by atoms with Crippen LogP contribution in [-0.2, 0) is 11.2 Å². The Kier molecular flexibility index (Phi) is 6.53. The van der Waals surface area contributed by atoms with Crippen molar-refractivity contribution in [2.75, 3.05) is 25.0 Å². The summed E-state index contributed by atoms with van der Waals surface area (Å²) < 4.78 is 11.5. The maximum absolute atomic E-state index is 11.1. The van der Waals surface area contributed by atoms with E-state index in [0.29, 0.717) is 19.7 Å². The lowest BCUT2D eigenvalue weighted by molar-refractivity contribution is -0.118. The number of amides is 1. The minimum absolute atomic E-state index is 0.0233. The summed E-state index contributed by atoms with van der Waals surface area (Å²) in [5.74, 6) is 0.830. The number of fused-ring (bicyclic) bond motifs is 1. The van der Waals surface area contributed by atoms with Crippen LogP contribution in [0.4, 0.5) is 5.69 Å². The highest BCUT2D eigenvalue weighted by atomic mass is 16.5. The van der Waals surface area contributed by atoms with Gasteiger partial charge in [-0.2, -0.15) is 0 Å². The molecule has 0 atom stereocenters. The third-order valence-electron chi connectivity index (χ3n) is 5.08. The Morgan fingerprint density at radius 3 is 2.48 bits per heavy atom. The number of furan rings is 1. The van der Waals surface area contributed by atoms with Crippen LogP contribution in [0.5, 0.6) is 5.75 Å². The highest BCUT2D eigenvalue weighted by Crippen LogP contribution is 2.25. The van der Waals surface area contributed by atoms with Crippen LogP contribution in [-0.4, -0.2) is 25.6 Å². The summed E-state index contributed by atoms with van der Waals surface area (Å²) >= 11 is 0. The molecule has 4 rings (SSSR count). The molecule has 0 unspecified atom stereocenters. The molecule has 31 heavy (non-hydrogen) atoms. The van der Waals surface area contributed by atoms with Gasteiger partial charge in [0.05, 0.1) is 6.26 Å². The molecule has 4 aromatic rings. The van der Waals surface area contributed by atoms with Crippen molar-refractivity contribution in [3.8, 4) is 16.9 Å². The predicted octanol–water partition coefficient (Wildman–Crippen LogP) is 5.27. The van der Waals surface area contributed by atoms with E-state index in [1.54, 1.807) is 6.26 Å². The zero-order valence-corrected chi connectivity index (χ0v) is 17.6. The number of nitrogens with one attached hydrogen (secondary N) is 2. The Balaban J connectivity index is 1.29. The molecule has 0 bridgehead atoms. The summed E-state index contributed by atoms with van der Waals surface area (Å²) in [6, 6.07) is 24.5. The van der Waals surface area contributed by atoms with E-state index in [1.807, 2.05) is 42.5 Å². The molecular formula is C26H26N2O3. The Labute approximate surface area is 182 Å². The molecule has 1 heterocycles. The topological polar surface area (TPSA) is 63.5 Å². The molecule has 0 saturated carbocycles. The van der Waals surface area contributed by atoms with Gasteiger partial charge in [0.15, 0.2) is 0 Å². The third-order valence-corrected chi connectivity index (χ3v) is 5.08. The van der Waals surface area contributed by atoms with Crippen LogP contribution in [0.15, 0.2) is 83.5 Å². The number of benzene rings is 3. The number of hydrogen-bond acceptors (Lipinski definition) is 4.